The number of carbonyl (C=O) groups excluding carboxylic acids is 3. The molecule has 1 unspecified atom stereocenters. The maximum atomic E-state index is 12.9. The molecule has 0 radical (unpaired) electrons. The average Bonchev–Trinajstić information content (AvgIpc) is 3.41. The number of allylic oxidation sites excluding steroid dienone is 16. The van der Waals surface area contributed by atoms with Gasteiger partial charge in [0.15, 0.2) is 6.10 Å². The smallest absolute Gasteiger partial charge is 0.306 e. The molecule has 0 aromatic heterocycles. The highest BCUT2D eigenvalue weighted by Crippen LogP contribution is 2.16. The summed E-state index contributed by atoms with van der Waals surface area (Å²) in [6, 6.07) is 0. The molecule has 430 valence electrons. The monoisotopic (exact) mass is 1040 g/mol. The van der Waals surface area contributed by atoms with Crippen LogP contribution in [0.1, 0.15) is 303 Å². The molecule has 0 aliphatic carbocycles. The van der Waals surface area contributed by atoms with Crippen molar-refractivity contribution in [3.05, 3.63) is 97.2 Å². The lowest BCUT2D eigenvalue weighted by Gasteiger charge is -2.18. The van der Waals surface area contributed by atoms with Gasteiger partial charge >= 0.3 is 17.9 Å². The van der Waals surface area contributed by atoms with Crippen LogP contribution < -0.4 is 0 Å². The molecular weight excluding hydrogens is 925 g/mol. The van der Waals surface area contributed by atoms with Crippen LogP contribution in [-0.2, 0) is 28.6 Å². The van der Waals surface area contributed by atoms with Gasteiger partial charge in [-0.05, 0) is 122 Å². The Morgan fingerprint density at radius 3 is 0.853 bits per heavy atom. The minimum atomic E-state index is -0.787. The summed E-state index contributed by atoms with van der Waals surface area (Å²) in [7, 11) is 0. The summed E-state index contributed by atoms with van der Waals surface area (Å²) in [4.78, 5) is 38.3. The van der Waals surface area contributed by atoms with E-state index >= 15 is 0 Å². The van der Waals surface area contributed by atoms with Crippen molar-refractivity contribution in [2.75, 3.05) is 13.2 Å². The Morgan fingerprint density at radius 1 is 0.280 bits per heavy atom. The predicted molar refractivity (Wildman–Crippen MR) is 325 cm³/mol. The van der Waals surface area contributed by atoms with Gasteiger partial charge in [0.1, 0.15) is 13.2 Å². The Bertz CT molecular complexity index is 1480. The molecule has 0 heterocycles. The van der Waals surface area contributed by atoms with E-state index in [1.807, 2.05) is 0 Å². The first-order valence-electron chi connectivity index (χ1n) is 31.7. The number of unbranched alkanes of at least 4 members (excludes halogenated alkanes) is 30. The third kappa shape index (κ3) is 61.1. The van der Waals surface area contributed by atoms with Crippen molar-refractivity contribution in [1.82, 2.24) is 0 Å². The topological polar surface area (TPSA) is 78.9 Å². The number of hydrogen-bond acceptors (Lipinski definition) is 6. The number of esters is 3. The highest BCUT2D eigenvalue weighted by Gasteiger charge is 2.19. The molecule has 0 aromatic rings. The fourth-order valence-corrected chi connectivity index (χ4v) is 8.79. The number of carbonyl (C=O) groups is 3. The van der Waals surface area contributed by atoms with E-state index in [2.05, 4.69) is 118 Å². The largest absolute Gasteiger partial charge is 0.462 e. The van der Waals surface area contributed by atoms with Crippen molar-refractivity contribution in [1.29, 1.82) is 0 Å². The SMILES string of the molecule is CC/C=C\C/C=C\C/C=C\C/C=C\C/C=C\CCCCCCCCCCCCCC(=O)OCC(COC(=O)CCCCCCC/C=C\CCCCCC)OC(=O)CCCCCCCCC/C=C\C/C=C\CCCCC. The fourth-order valence-electron chi connectivity index (χ4n) is 8.79. The summed E-state index contributed by atoms with van der Waals surface area (Å²) >= 11 is 0. The fraction of sp³-hybridized carbons (Fsp3) is 0.725. The Morgan fingerprint density at radius 2 is 0.520 bits per heavy atom. The third-order valence-electron chi connectivity index (χ3n) is 13.5. The maximum absolute atomic E-state index is 12.9. The van der Waals surface area contributed by atoms with Crippen LogP contribution in [0, 0.1) is 0 Å². The van der Waals surface area contributed by atoms with Gasteiger partial charge in [-0.3, -0.25) is 14.4 Å². The van der Waals surface area contributed by atoms with Gasteiger partial charge in [0.25, 0.3) is 0 Å². The number of hydrogen-bond donors (Lipinski definition) is 0. The van der Waals surface area contributed by atoms with E-state index in [4.69, 9.17) is 14.2 Å². The molecule has 0 saturated heterocycles. The predicted octanol–water partition coefficient (Wildman–Crippen LogP) is 21.7. The second-order valence-corrected chi connectivity index (χ2v) is 20.9. The van der Waals surface area contributed by atoms with Gasteiger partial charge < -0.3 is 14.2 Å². The Labute approximate surface area is 464 Å². The van der Waals surface area contributed by atoms with E-state index in [-0.39, 0.29) is 31.1 Å². The van der Waals surface area contributed by atoms with Crippen LogP contribution in [0.15, 0.2) is 97.2 Å². The minimum absolute atomic E-state index is 0.0840. The molecule has 6 heteroatoms. The maximum Gasteiger partial charge on any atom is 0.306 e. The molecule has 0 N–H and O–H groups in total. The van der Waals surface area contributed by atoms with E-state index in [0.29, 0.717) is 19.3 Å². The average molecular weight is 1040 g/mol. The molecule has 0 spiro atoms. The van der Waals surface area contributed by atoms with E-state index in [9.17, 15) is 14.4 Å². The summed E-state index contributed by atoms with van der Waals surface area (Å²) in [5.41, 5.74) is 0. The number of ether oxygens (including phenoxy) is 3. The van der Waals surface area contributed by atoms with Crippen LogP contribution in [0.2, 0.25) is 0 Å². The lowest BCUT2D eigenvalue weighted by atomic mass is 10.0. The van der Waals surface area contributed by atoms with Crippen LogP contribution in [0.4, 0.5) is 0 Å². The van der Waals surface area contributed by atoms with Crippen LogP contribution in [0.3, 0.4) is 0 Å². The summed E-state index contributed by atoms with van der Waals surface area (Å²) in [5.74, 6) is -0.895. The molecule has 0 amide bonds. The highest BCUT2D eigenvalue weighted by molar-refractivity contribution is 5.71. The first-order chi connectivity index (χ1) is 37.0. The minimum Gasteiger partial charge on any atom is -0.462 e. The van der Waals surface area contributed by atoms with E-state index < -0.39 is 6.10 Å². The molecule has 0 aliphatic heterocycles. The number of rotatable bonds is 57. The molecule has 1 atom stereocenters. The highest BCUT2D eigenvalue weighted by atomic mass is 16.6. The molecule has 75 heavy (non-hydrogen) atoms. The van der Waals surface area contributed by atoms with Gasteiger partial charge in [0.05, 0.1) is 0 Å². The van der Waals surface area contributed by atoms with Gasteiger partial charge in [-0.25, -0.2) is 0 Å². The normalized spacial score (nSPS) is 12.7. The van der Waals surface area contributed by atoms with Gasteiger partial charge in [-0.1, -0.05) is 259 Å². The van der Waals surface area contributed by atoms with E-state index in [1.165, 1.54) is 154 Å². The first kappa shape index (κ1) is 71.3. The summed E-state index contributed by atoms with van der Waals surface area (Å²) in [6.45, 7) is 6.49. The third-order valence-corrected chi connectivity index (χ3v) is 13.5. The Balaban J connectivity index is 4.31. The standard InChI is InChI=1S/C69H118O6/c1-4-7-10-13-16-19-22-25-27-29-30-31-32-33-34-35-36-37-38-40-41-44-47-50-53-56-59-62-68(71)74-65-66(64-73-67(70)61-58-55-52-49-46-43-24-21-18-15-12-9-6-3)75-69(72)63-60-57-54-51-48-45-42-39-28-26-23-20-17-14-11-8-5-2/h7,10,16-17,19-21,24-28,30-31,33-34,66H,4-6,8-9,11-15,18,22-23,29,32,35-65H2,1-3H3/b10-7-,19-16-,20-17-,24-21-,27-25-,28-26-,31-30-,34-33-. The van der Waals surface area contributed by atoms with Crippen molar-refractivity contribution in [3.8, 4) is 0 Å². The van der Waals surface area contributed by atoms with Crippen molar-refractivity contribution < 1.29 is 28.6 Å². The Kier molecular flexibility index (Phi) is 59.8. The molecule has 0 aliphatic rings. The second kappa shape index (κ2) is 62.9. The molecule has 0 bridgehead atoms. The van der Waals surface area contributed by atoms with Gasteiger partial charge in [0, 0.05) is 19.3 Å². The van der Waals surface area contributed by atoms with E-state index in [0.717, 1.165) is 109 Å². The van der Waals surface area contributed by atoms with Gasteiger partial charge in [-0.15, -0.1) is 0 Å². The van der Waals surface area contributed by atoms with Crippen molar-refractivity contribution in [3.63, 3.8) is 0 Å². The van der Waals surface area contributed by atoms with Crippen molar-refractivity contribution in [2.45, 2.75) is 309 Å². The Hall–Kier alpha value is -3.67. The van der Waals surface area contributed by atoms with Gasteiger partial charge in [-0.2, -0.15) is 0 Å². The van der Waals surface area contributed by atoms with Crippen LogP contribution in [0.5, 0.6) is 0 Å². The molecule has 6 nitrogen and oxygen atoms in total. The lowest BCUT2D eigenvalue weighted by Crippen LogP contribution is -2.30. The molecule has 0 saturated carbocycles. The van der Waals surface area contributed by atoms with Crippen molar-refractivity contribution in [2.24, 2.45) is 0 Å². The van der Waals surface area contributed by atoms with Crippen molar-refractivity contribution >= 4 is 17.9 Å². The summed E-state index contributed by atoms with van der Waals surface area (Å²) < 4.78 is 16.9. The summed E-state index contributed by atoms with van der Waals surface area (Å²) in [5, 5.41) is 0. The van der Waals surface area contributed by atoms with Crippen LogP contribution in [0.25, 0.3) is 0 Å². The summed E-state index contributed by atoms with van der Waals surface area (Å²) in [6.07, 6.45) is 84.1. The molecule has 0 fully saturated rings. The van der Waals surface area contributed by atoms with Gasteiger partial charge in [0.2, 0.25) is 0 Å². The van der Waals surface area contributed by atoms with Crippen LogP contribution >= 0.6 is 0 Å². The quantitative estimate of drug-likeness (QED) is 0.0261. The lowest BCUT2D eigenvalue weighted by molar-refractivity contribution is -0.167. The zero-order chi connectivity index (χ0) is 54.3. The molecule has 0 rings (SSSR count). The van der Waals surface area contributed by atoms with E-state index in [1.54, 1.807) is 0 Å². The molecule has 0 aromatic carbocycles. The molecular formula is C69H118O6. The zero-order valence-electron chi connectivity index (χ0n) is 49.3. The van der Waals surface area contributed by atoms with Crippen LogP contribution in [-0.4, -0.2) is 37.2 Å². The first-order valence-corrected chi connectivity index (χ1v) is 31.7. The second-order valence-electron chi connectivity index (χ2n) is 20.9. The zero-order valence-corrected chi connectivity index (χ0v) is 49.3.